The first kappa shape index (κ1) is 19.0. The van der Waals surface area contributed by atoms with E-state index in [1.165, 1.54) is 7.11 Å². The number of pyridine rings is 1. The summed E-state index contributed by atoms with van der Waals surface area (Å²) in [7, 11) is 1.51. The molecular weight excluding hydrogens is 388 g/mol. The van der Waals surface area contributed by atoms with Crippen molar-refractivity contribution in [2.75, 3.05) is 27.0 Å². The molecule has 0 bridgehead atoms. The highest BCUT2D eigenvalue weighted by Crippen LogP contribution is 2.40. The van der Waals surface area contributed by atoms with Gasteiger partial charge < -0.3 is 29.0 Å². The van der Waals surface area contributed by atoms with Crippen LogP contribution in [0.15, 0.2) is 36.5 Å². The number of likely N-dealkylation sites (tertiary alicyclic amines) is 1. The number of fused-ring (bicyclic) bond motifs is 2. The van der Waals surface area contributed by atoms with Crippen LogP contribution in [0.5, 0.6) is 23.1 Å². The van der Waals surface area contributed by atoms with Crippen molar-refractivity contribution in [1.29, 1.82) is 0 Å². The Hall–Kier alpha value is -3.00. The molecule has 0 radical (unpaired) electrons. The summed E-state index contributed by atoms with van der Waals surface area (Å²) in [4.78, 5) is 19.0. The van der Waals surface area contributed by atoms with E-state index in [1.807, 2.05) is 17.0 Å². The Kier molecular flexibility index (Phi) is 4.86. The minimum atomic E-state index is -0.584. The van der Waals surface area contributed by atoms with Crippen LogP contribution in [0.3, 0.4) is 0 Å². The molecule has 1 saturated heterocycles. The van der Waals surface area contributed by atoms with E-state index in [1.54, 1.807) is 24.4 Å². The zero-order valence-corrected chi connectivity index (χ0v) is 16.7. The lowest BCUT2D eigenvalue weighted by atomic mass is 9.78. The highest BCUT2D eigenvalue weighted by atomic mass is 16.7. The van der Waals surface area contributed by atoms with Gasteiger partial charge >= 0.3 is 0 Å². The lowest BCUT2D eigenvalue weighted by Crippen LogP contribution is -2.42. The number of ether oxygens (including phenoxy) is 4. The summed E-state index contributed by atoms with van der Waals surface area (Å²) in [5, 5.41) is 10.7. The fourth-order valence-electron chi connectivity index (χ4n) is 4.69. The number of nitrogens with zero attached hydrogens (tertiary/aromatic N) is 2. The first-order valence-electron chi connectivity index (χ1n) is 10.1. The van der Waals surface area contributed by atoms with Crippen molar-refractivity contribution in [3.63, 3.8) is 0 Å². The van der Waals surface area contributed by atoms with E-state index < -0.39 is 6.10 Å². The normalized spacial score (nSPS) is 26.9. The summed E-state index contributed by atoms with van der Waals surface area (Å²) in [6.07, 6.45) is 1.99. The summed E-state index contributed by atoms with van der Waals surface area (Å²) in [6.45, 7) is 1.46. The topological polar surface area (TPSA) is 90.4 Å². The number of carbonyl (C=O) groups excluding carboxylic acids is 1. The van der Waals surface area contributed by atoms with Gasteiger partial charge in [0.25, 0.3) is 5.91 Å². The molecule has 1 N–H and O–H groups in total. The summed E-state index contributed by atoms with van der Waals surface area (Å²) < 4.78 is 22.1. The van der Waals surface area contributed by atoms with Crippen molar-refractivity contribution >= 4 is 5.91 Å². The van der Waals surface area contributed by atoms with Crippen LogP contribution in [-0.2, 0) is 0 Å². The third-order valence-corrected chi connectivity index (χ3v) is 6.20. The molecule has 8 heteroatoms. The second-order valence-corrected chi connectivity index (χ2v) is 8.00. The molecule has 1 amide bonds. The molecule has 5 rings (SSSR count). The number of methoxy groups -OCH3 is 1. The van der Waals surface area contributed by atoms with Crippen LogP contribution in [0, 0.1) is 11.8 Å². The number of benzene rings is 1. The quantitative estimate of drug-likeness (QED) is 0.823. The molecular formula is C22H24N2O6. The second kappa shape index (κ2) is 7.68. The zero-order valence-electron chi connectivity index (χ0n) is 16.7. The number of aromatic nitrogens is 1. The molecule has 158 valence electrons. The van der Waals surface area contributed by atoms with Gasteiger partial charge in [0, 0.05) is 25.4 Å². The molecule has 4 atom stereocenters. The highest BCUT2D eigenvalue weighted by molar-refractivity contribution is 5.96. The zero-order chi connectivity index (χ0) is 20.7. The maximum absolute atomic E-state index is 13.0. The van der Waals surface area contributed by atoms with Gasteiger partial charge in [0.2, 0.25) is 12.7 Å². The van der Waals surface area contributed by atoms with Crippen LogP contribution >= 0.6 is 0 Å². The van der Waals surface area contributed by atoms with Gasteiger partial charge in [-0.3, -0.25) is 4.79 Å². The Bertz CT molecular complexity index is 951. The van der Waals surface area contributed by atoms with Crippen LogP contribution in [-0.4, -0.2) is 60.1 Å². The van der Waals surface area contributed by atoms with Crippen molar-refractivity contribution in [3.8, 4) is 23.1 Å². The van der Waals surface area contributed by atoms with Crippen LogP contribution in [0.25, 0.3) is 0 Å². The Morgan fingerprint density at radius 1 is 1.17 bits per heavy atom. The average molecular weight is 412 g/mol. The van der Waals surface area contributed by atoms with E-state index in [9.17, 15) is 9.90 Å². The SMILES string of the molecule is COc1ncccc1C(=O)N1C[C@H]2C[C@@H](Oc3ccc4c(c3)OCO4)[C@H](O)C[C@H]2C1. The number of carbonyl (C=O) groups is 1. The first-order valence-corrected chi connectivity index (χ1v) is 10.1. The maximum atomic E-state index is 13.0. The van der Waals surface area contributed by atoms with Gasteiger partial charge in [0.15, 0.2) is 11.5 Å². The van der Waals surface area contributed by atoms with Crippen LogP contribution in [0.2, 0.25) is 0 Å². The smallest absolute Gasteiger partial charge is 0.259 e. The number of aliphatic hydroxyl groups excluding tert-OH is 1. The number of rotatable bonds is 4. The molecule has 30 heavy (non-hydrogen) atoms. The summed E-state index contributed by atoms with van der Waals surface area (Å²) in [5.74, 6) is 2.77. The molecule has 0 spiro atoms. The number of hydrogen-bond acceptors (Lipinski definition) is 7. The number of hydrogen-bond donors (Lipinski definition) is 1. The minimum Gasteiger partial charge on any atom is -0.488 e. The summed E-state index contributed by atoms with van der Waals surface area (Å²) in [6, 6.07) is 8.90. The maximum Gasteiger partial charge on any atom is 0.259 e. The second-order valence-electron chi connectivity index (χ2n) is 8.00. The molecule has 3 aliphatic rings. The Morgan fingerprint density at radius 3 is 2.80 bits per heavy atom. The van der Waals surface area contributed by atoms with E-state index >= 15 is 0 Å². The van der Waals surface area contributed by atoms with Gasteiger partial charge in [0.1, 0.15) is 17.4 Å². The molecule has 0 unspecified atom stereocenters. The predicted octanol–water partition coefficient (Wildman–Crippen LogP) is 2.11. The van der Waals surface area contributed by atoms with Gasteiger partial charge in [-0.1, -0.05) is 0 Å². The predicted molar refractivity (Wildman–Crippen MR) is 106 cm³/mol. The van der Waals surface area contributed by atoms with E-state index in [4.69, 9.17) is 18.9 Å². The van der Waals surface area contributed by atoms with Gasteiger partial charge in [-0.25, -0.2) is 4.98 Å². The fourth-order valence-corrected chi connectivity index (χ4v) is 4.69. The Morgan fingerprint density at radius 2 is 1.97 bits per heavy atom. The first-order chi connectivity index (χ1) is 14.6. The van der Waals surface area contributed by atoms with Crippen molar-refractivity contribution in [1.82, 2.24) is 9.88 Å². The van der Waals surface area contributed by atoms with Gasteiger partial charge in [-0.05, 0) is 48.9 Å². The van der Waals surface area contributed by atoms with E-state index in [0.717, 1.165) is 0 Å². The van der Waals surface area contributed by atoms with Gasteiger partial charge in [-0.2, -0.15) is 0 Å². The van der Waals surface area contributed by atoms with Crippen molar-refractivity contribution in [3.05, 3.63) is 42.1 Å². The average Bonchev–Trinajstić information content (AvgIpc) is 3.39. The molecule has 8 nitrogen and oxygen atoms in total. The van der Waals surface area contributed by atoms with E-state index in [0.29, 0.717) is 54.6 Å². The van der Waals surface area contributed by atoms with E-state index in [2.05, 4.69) is 4.98 Å². The number of amides is 1. The molecule has 1 aliphatic carbocycles. The van der Waals surface area contributed by atoms with Crippen LogP contribution in [0.1, 0.15) is 23.2 Å². The van der Waals surface area contributed by atoms with Gasteiger partial charge in [-0.15, -0.1) is 0 Å². The summed E-state index contributed by atoms with van der Waals surface area (Å²) in [5.41, 5.74) is 0.465. The Labute approximate surface area is 174 Å². The molecule has 2 fully saturated rings. The van der Waals surface area contributed by atoms with Crippen molar-refractivity contribution in [2.24, 2.45) is 11.8 Å². The standard InChI is InChI=1S/C22H24N2O6/c1-27-21-16(3-2-6-23-21)22(26)24-10-13-7-17(25)19(8-14(13)11-24)30-15-4-5-18-20(9-15)29-12-28-18/h2-6,9,13-14,17,19,25H,7-8,10-12H2,1H3/t13-,14+,17+,19+/m0/s1. The highest BCUT2D eigenvalue weighted by Gasteiger charge is 2.44. The Balaban J connectivity index is 1.27. The lowest BCUT2D eigenvalue weighted by Gasteiger charge is -2.35. The molecule has 2 aromatic rings. The molecule has 3 heterocycles. The summed E-state index contributed by atoms with van der Waals surface area (Å²) >= 11 is 0. The molecule has 2 aliphatic heterocycles. The van der Waals surface area contributed by atoms with Crippen molar-refractivity contribution in [2.45, 2.75) is 25.0 Å². The molecule has 1 aromatic carbocycles. The van der Waals surface area contributed by atoms with Gasteiger partial charge in [0.05, 0.1) is 13.2 Å². The third kappa shape index (κ3) is 3.41. The molecule has 1 saturated carbocycles. The fraction of sp³-hybridized carbons (Fsp3) is 0.455. The number of aliphatic hydroxyl groups is 1. The van der Waals surface area contributed by atoms with E-state index in [-0.39, 0.29) is 30.6 Å². The monoisotopic (exact) mass is 412 g/mol. The largest absolute Gasteiger partial charge is 0.488 e. The van der Waals surface area contributed by atoms with Crippen LogP contribution < -0.4 is 18.9 Å². The lowest BCUT2D eigenvalue weighted by molar-refractivity contribution is -0.0232. The minimum absolute atomic E-state index is 0.0860. The molecule has 1 aromatic heterocycles. The van der Waals surface area contributed by atoms with Crippen LogP contribution in [0.4, 0.5) is 0 Å². The third-order valence-electron chi connectivity index (χ3n) is 6.20. The van der Waals surface area contributed by atoms with Crippen molar-refractivity contribution < 1.29 is 28.8 Å².